The molecule has 0 saturated heterocycles. The lowest BCUT2D eigenvalue weighted by Gasteiger charge is -2.19. The van der Waals surface area contributed by atoms with Gasteiger partial charge in [0.1, 0.15) is 0 Å². The molecule has 0 radical (unpaired) electrons. The smallest absolute Gasteiger partial charge is 0.315 e. The second-order valence-corrected chi connectivity index (χ2v) is 7.18. The third-order valence-electron chi connectivity index (χ3n) is 4.24. The van der Waals surface area contributed by atoms with Crippen molar-refractivity contribution in [2.45, 2.75) is 58.3 Å². The van der Waals surface area contributed by atoms with E-state index in [0.29, 0.717) is 5.92 Å². The number of carbonyl (C=O) groups is 1. The van der Waals surface area contributed by atoms with Gasteiger partial charge in [0, 0.05) is 11.9 Å². The van der Waals surface area contributed by atoms with Gasteiger partial charge >= 0.3 is 6.03 Å². The summed E-state index contributed by atoms with van der Waals surface area (Å²) in [6.07, 6.45) is 10.4. The molecule has 22 heavy (non-hydrogen) atoms. The zero-order chi connectivity index (χ0) is 16.0. The number of rotatable bonds is 3. The van der Waals surface area contributed by atoms with Gasteiger partial charge in [-0.2, -0.15) is 0 Å². The van der Waals surface area contributed by atoms with Crippen LogP contribution in [0.15, 0.2) is 36.5 Å². The van der Waals surface area contributed by atoms with E-state index in [2.05, 4.69) is 49.6 Å². The number of hydrogen-bond acceptors (Lipinski definition) is 1. The SMILES string of the molecule is CC(C)(C)c1ccc(NC(=O)N/C=C/C2CCCCC2)cc1. The van der Waals surface area contributed by atoms with Gasteiger partial charge in [0.05, 0.1) is 0 Å². The summed E-state index contributed by atoms with van der Waals surface area (Å²) < 4.78 is 0. The van der Waals surface area contributed by atoms with Crippen LogP contribution >= 0.6 is 0 Å². The summed E-state index contributed by atoms with van der Waals surface area (Å²) in [7, 11) is 0. The van der Waals surface area contributed by atoms with Crippen LogP contribution in [0.5, 0.6) is 0 Å². The molecular weight excluding hydrogens is 272 g/mol. The minimum atomic E-state index is -0.185. The number of benzene rings is 1. The molecule has 0 heterocycles. The molecule has 1 aromatic carbocycles. The molecule has 0 aliphatic heterocycles. The van der Waals surface area contributed by atoms with Crippen LogP contribution in [0.2, 0.25) is 0 Å². The fourth-order valence-corrected chi connectivity index (χ4v) is 2.81. The summed E-state index contributed by atoms with van der Waals surface area (Å²) in [5, 5.41) is 5.65. The quantitative estimate of drug-likeness (QED) is 0.791. The van der Waals surface area contributed by atoms with Gasteiger partial charge in [0.25, 0.3) is 0 Å². The van der Waals surface area contributed by atoms with Crippen molar-refractivity contribution in [2.24, 2.45) is 5.92 Å². The Morgan fingerprint density at radius 3 is 2.32 bits per heavy atom. The third kappa shape index (κ3) is 5.21. The second-order valence-electron chi connectivity index (χ2n) is 7.18. The number of urea groups is 1. The van der Waals surface area contributed by atoms with Crippen LogP contribution in [0.1, 0.15) is 58.4 Å². The Morgan fingerprint density at radius 1 is 1.09 bits per heavy atom. The fourth-order valence-electron chi connectivity index (χ4n) is 2.81. The largest absolute Gasteiger partial charge is 0.323 e. The molecule has 2 N–H and O–H groups in total. The normalized spacial score (nSPS) is 16.7. The van der Waals surface area contributed by atoms with Gasteiger partial charge in [-0.3, -0.25) is 0 Å². The molecule has 3 heteroatoms. The van der Waals surface area contributed by atoms with Crippen LogP contribution in [-0.4, -0.2) is 6.03 Å². The van der Waals surface area contributed by atoms with E-state index in [4.69, 9.17) is 0 Å². The van der Waals surface area contributed by atoms with Crippen LogP contribution in [0, 0.1) is 5.92 Å². The molecule has 0 atom stereocenters. The highest BCUT2D eigenvalue weighted by Gasteiger charge is 2.13. The summed E-state index contributed by atoms with van der Waals surface area (Å²) in [4.78, 5) is 11.9. The van der Waals surface area contributed by atoms with Crippen LogP contribution in [0.3, 0.4) is 0 Å². The topological polar surface area (TPSA) is 41.1 Å². The van der Waals surface area contributed by atoms with Crippen LogP contribution in [0.4, 0.5) is 10.5 Å². The summed E-state index contributed by atoms with van der Waals surface area (Å²) >= 11 is 0. The zero-order valence-corrected chi connectivity index (χ0v) is 14.0. The molecule has 0 unspecified atom stereocenters. The minimum Gasteiger partial charge on any atom is -0.315 e. The average Bonchev–Trinajstić information content (AvgIpc) is 2.48. The van der Waals surface area contributed by atoms with E-state index in [1.165, 1.54) is 37.7 Å². The van der Waals surface area contributed by atoms with Crippen molar-refractivity contribution >= 4 is 11.7 Å². The van der Waals surface area contributed by atoms with Crippen molar-refractivity contribution in [2.75, 3.05) is 5.32 Å². The van der Waals surface area contributed by atoms with E-state index >= 15 is 0 Å². The molecule has 2 amide bonds. The van der Waals surface area contributed by atoms with Gasteiger partial charge in [-0.15, -0.1) is 0 Å². The predicted molar refractivity (Wildman–Crippen MR) is 93.0 cm³/mol. The van der Waals surface area contributed by atoms with Crippen molar-refractivity contribution < 1.29 is 4.79 Å². The van der Waals surface area contributed by atoms with E-state index in [-0.39, 0.29) is 11.4 Å². The van der Waals surface area contributed by atoms with Crippen molar-refractivity contribution in [3.8, 4) is 0 Å². The first-order chi connectivity index (χ1) is 10.4. The molecule has 1 fully saturated rings. The van der Waals surface area contributed by atoms with E-state index in [1.54, 1.807) is 6.20 Å². The Hall–Kier alpha value is -1.77. The van der Waals surface area contributed by atoms with Gasteiger partial charge in [-0.05, 0) is 41.9 Å². The maximum absolute atomic E-state index is 11.9. The van der Waals surface area contributed by atoms with Crippen LogP contribution in [0.25, 0.3) is 0 Å². The monoisotopic (exact) mass is 300 g/mol. The summed E-state index contributed by atoms with van der Waals surface area (Å²) in [6.45, 7) is 6.54. The maximum atomic E-state index is 11.9. The summed E-state index contributed by atoms with van der Waals surface area (Å²) in [5.41, 5.74) is 2.20. The first-order valence-electron chi connectivity index (χ1n) is 8.30. The number of hydrogen-bond donors (Lipinski definition) is 2. The fraction of sp³-hybridized carbons (Fsp3) is 0.526. The van der Waals surface area contributed by atoms with Gasteiger partial charge in [0.15, 0.2) is 0 Å². The predicted octanol–water partition coefficient (Wildman–Crippen LogP) is 5.20. The van der Waals surface area contributed by atoms with Crippen molar-refractivity contribution in [1.82, 2.24) is 5.32 Å². The molecule has 0 bridgehead atoms. The highest BCUT2D eigenvalue weighted by molar-refractivity contribution is 5.89. The van der Waals surface area contributed by atoms with E-state index in [1.807, 2.05) is 12.1 Å². The lowest BCUT2D eigenvalue weighted by atomic mass is 9.87. The van der Waals surface area contributed by atoms with E-state index in [0.717, 1.165) is 5.69 Å². The Morgan fingerprint density at radius 2 is 1.73 bits per heavy atom. The van der Waals surface area contributed by atoms with E-state index < -0.39 is 0 Å². The number of anilines is 1. The highest BCUT2D eigenvalue weighted by atomic mass is 16.2. The lowest BCUT2D eigenvalue weighted by Crippen LogP contribution is -2.24. The molecule has 1 aliphatic rings. The number of amides is 2. The second kappa shape index (κ2) is 7.48. The Kier molecular flexibility index (Phi) is 5.64. The molecule has 2 rings (SSSR count). The minimum absolute atomic E-state index is 0.128. The zero-order valence-electron chi connectivity index (χ0n) is 14.0. The first kappa shape index (κ1) is 16.6. The number of allylic oxidation sites excluding steroid dienone is 1. The van der Waals surface area contributed by atoms with Crippen molar-refractivity contribution in [3.05, 3.63) is 42.1 Å². The third-order valence-corrected chi connectivity index (χ3v) is 4.24. The maximum Gasteiger partial charge on any atom is 0.323 e. The molecule has 1 aromatic rings. The van der Waals surface area contributed by atoms with Gasteiger partial charge in [-0.1, -0.05) is 58.2 Å². The number of carbonyl (C=O) groups excluding carboxylic acids is 1. The van der Waals surface area contributed by atoms with Crippen molar-refractivity contribution in [1.29, 1.82) is 0 Å². The first-order valence-corrected chi connectivity index (χ1v) is 8.30. The summed E-state index contributed by atoms with van der Waals surface area (Å²) in [6, 6.07) is 7.84. The molecule has 0 spiro atoms. The van der Waals surface area contributed by atoms with E-state index in [9.17, 15) is 4.79 Å². The molecular formula is C19H28N2O. The Labute approximate surface area is 134 Å². The van der Waals surface area contributed by atoms with Gasteiger partial charge < -0.3 is 10.6 Å². The highest BCUT2D eigenvalue weighted by Crippen LogP contribution is 2.24. The molecule has 3 nitrogen and oxygen atoms in total. The average molecular weight is 300 g/mol. The standard InChI is InChI=1S/C19H28N2O/c1-19(2,3)16-9-11-17(12-10-16)21-18(22)20-14-13-15-7-5-4-6-8-15/h9-15H,4-8H2,1-3H3,(H2,20,21,22)/b14-13+. The molecule has 1 aliphatic carbocycles. The van der Waals surface area contributed by atoms with Gasteiger partial charge in [0.2, 0.25) is 0 Å². The summed E-state index contributed by atoms with van der Waals surface area (Å²) in [5.74, 6) is 0.625. The molecule has 1 saturated carbocycles. The lowest BCUT2D eigenvalue weighted by molar-refractivity contribution is 0.255. The van der Waals surface area contributed by atoms with Gasteiger partial charge in [-0.25, -0.2) is 4.79 Å². The van der Waals surface area contributed by atoms with Crippen molar-refractivity contribution in [3.63, 3.8) is 0 Å². The van der Waals surface area contributed by atoms with Crippen LogP contribution in [-0.2, 0) is 5.41 Å². The number of nitrogens with one attached hydrogen (secondary N) is 2. The molecule has 120 valence electrons. The van der Waals surface area contributed by atoms with Crippen LogP contribution < -0.4 is 10.6 Å². The Balaban J connectivity index is 1.80. The molecule has 0 aromatic heterocycles. The Bertz CT molecular complexity index is 505.